The highest BCUT2D eigenvalue weighted by Crippen LogP contribution is 2.26. The molecule has 1 aliphatic carbocycles. The molecule has 1 aliphatic rings. The molecule has 25 heavy (non-hydrogen) atoms. The fourth-order valence-corrected chi connectivity index (χ4v) is 3.84. The normalized spacial score (nSPS) is 16.5. The minimum absolute atomic E-state index is 0. The quantitative estimate of drug-likeness (QED) is 0.872. The maximum absolute atomic E-state index is 12.9. The van der Waals surface area contributed by atoms with Crippen LogP contribution in [0.3, 0.4) is 0 Å². The van der Waals surface area contributed by atoms with Crippen molar-refractivity contribution in [2.75, 3.05) is 6.54 Å². The van der Waals surface area contributed by atoms with Crippen LogP contribution in [0.2, 0.25) is 0 Å². The van der Waals surface area contributed by atoms with Crippen LogP contribution in [0.5, 0.6) is 0 Å². The molecule has 1 unspecified atom stereocenters. The van der Waals surface area contributed by atoms with Gasteiger partial charge in [-0.2, -0.15) is 5.10 Å². The van der Waals surface area contributed by atoms with Gasteiger partial charge in [0.05, 0.1) is 5.69 Å². The van der Waals surface area contributed by atoms with Crippen LogP contribution in [0.15, 0.2) is 6.07 Å². The van der Waals surface area contributed by atoms with Crippen LogP contribution in [0.25, 0.3) is 5.65 Å². The van der Waals surface area contributed by atoms with E-state index in [4.69, 9.17) is 5.73 Å². The van der Waals surface area contributed by atoms with E-state index in [0.717, 1.165) is 24.2 Å². The molecule has 0 aromatic carbocycles. The first-order valence-corrected chi connectivity index (χ1v) is 8.85. The lowest BCUT2D eigenvalue weighted by Crippen LogP contribution is -2.46. The molecular formula is C18H28ClN5O. The molecule has 1 fully saturated rings. The number of nitrogens with one attached hydrogen (secondary N) is 1. The Kier molecular flexibility index (Phi) is 6.41. The van der Waals surface area contributed by atoms with Gasteiger partial charge in [-0.05, 0) is 45.6 Å². The first-order chi connectivity index (χ1) is 11.5. The third-order valence-corrected chi connectivity index (χ3v) is 5.09. The van der Waals surface area contributed by atoms with E-state index in [1.807, 2.05) is 26.8 Å². The van der Waals surface area contributed by atoms with Crippen molar-refractivity contribution in [2.45, 2.75) is 58.9 Å². The lowest BCUT2D eigenvalue weighted by atomic mass is 9.84. The predicted octanol–water partition coefficient (Wildman–Crippen LogP) is 2.71. The van der Waals surface area contributed by atoms with Gasteiger partial charge in [0.1, 0.15) is 5.56 Å². The van der Waals surface area contributed by atoms with Gasteiger partial charge >= 0.3 is 0 Å². The number of fused-ring (bicyclic) bond motifs is 1. The van der Waals surface area contributed by atoms with E-state index in [-0.39, 0.29) is 24.4 Å². The Labute approximate surface area is 155 Å². The SMILES string of the molecule is Cc1cc(C)n2nc(C)c(C(=O)NC(CN)C3CCCCC3)c2n1.Cl. The summed E-state index contributed by atoms with van der Waals surface area (Å²) in [5.41, 5.74) is 9.71. The molecule has 3 N–H and O–H groups in total. The summed E-state index contributed by atoms with van der Waals surface area (Å²) in [5.74, 6) is 0.368. The van der Waals surface area contributed by atoms with Gasteiger partial charge in [0.15, 0.2) is 5.65 Å². The summed E-state index contributed by atoms with van der Waals surface area (Å²) in [6.45, 7) is 6.23. The molecule has 2 aromatic rings. The maximum atomic E-state index is 12.9. The molecule has 0 aliphatic heterocycles. The molecule has 1 saturated carbocycles. The third kappa shape index (κ3) is 3.96. The summed E-state index contributed by atoms with van der Waals surface area (Å²) in [5, 5.41) is 7.64. The molecule has 7 heteroatoms. The van der Waals surface area contributed by atoms with Crippen molar-refractivity contribution in [3.05, 3.63) is 28.7 Å². The van der Waals surface area contributed by atoms with Gasteiger partial charge in [-0.1, -0.05) is 19.3 Å². The van der Waals surface area contributed by atoms with Crippen LogP contribution in [0, 0.1) is 26.7 Å². The van der Waals surface area contributed by atoms with E-state index in [1.54, 1.807) is 4.52 Å². The van der Waals surface area contributed by atoms with Crippen molar-refractivity contribution < 1.29 is 4.79 Å². The molecule has 1 atom stereocenters. The van der Waals surface area contributed by atoms with E-state index >= 15 is 0 Å². The highest BCUT2D eigenvalue weighted by Gasteiger charge is 2.27. The molecule has 3 rings (SSSR count). The molecule has 0 spiro atoms. The standard InChI is InChI=1S/C18H27N5O.ClH/c1-11-9-12(2)23-17(20-11)16(13(3)22-23)18(24)21-15(10-19)14-7-5-4-6-8-14;/h9,14-15H,4-8,10,19H2,1-3H3,(H,21,24);1H. The number of hydrogen-bond acceptors (Lipinski definition) is 4. The Morgan fingerprint density at radius 1 is 1.32 bits per heavy atom. The second-order valence-electron chi connectivity index (χ2n) is 6.95. The predicted molar refractivity (Wildman–Crippen MR) is 101 cm³/mol. The molecule has 2 aromatic heterocycles. The monoisotopic (exact) mass is 365 g/mol. The highest BCUT2D eigenvalue weighted by atomic mass is 35.5. The van der Waals surface area contributed by atoms with Crippen molar-refractivity contribution in [1.82, 2.24) is 19.9 Å². The summed E-state index contributed by atoms with van der Waals surface area (Å²) in [4.78, 5) is 17.4. The van der Waals surface area contributed by atoms with E-state index in [1.165, 1.54) is 19.3 Å². The van der Waals surface area contributed by atoms with Crippen molar-refractivity contribution in [1.29, 1.82) is 0 Å². The average molecular weight is 366 g/mol. The minimum Gasteiger partial charge on any atom is -0.348 e. The average Bonchev–Trinajstić information content (AvgIpc) is 2.89. The molecule has 0 saturated heterocycles. The van der Waals surface area contributed by atoms with Gasteiger partial charge in [0.25, 0.3) is 5.91 Å². The fraction of sp³-hybridized carbons (Fsp3) is 0.611. The number of nitrogens with two attached hydrogens (primary N) is 1. The molecule has 1 amide bonds. The number of carbonyl (C=O) groups excluding carboxylic acids is 1. The number of nitrogens with zero attached hydrogens (tertiary/aromatic N) is 3. The summed E-state index contributed by atoms with van der Waals surface area (Å²) < 4.78 is 1.75. The van der Waals surface area contributed by atoms with Crippen molar-refractivity contribution in [2.24, 2.45) is 11.7 Å². The molecule has 0 bridgehead atoms. The largest absolute Gasteiger partial charge is 0.348 e. The second-order valence-corrected chi connectivity index (χ2v) is 6.95. The Morgan fingerprint density at radius 2 is 2.00 bits per heavy atom. The van der Waals surface area contributed by atoms with E-state index in [2.05, 4.69) is 15.4 Å². The van der Waals surface area contributed by atoms with Crippen molar-refractivity contribution in [3.63, 3.8) is 0 Å². The number of hydrogen-bond donors (Lipinski definition) is 2. The van der Waals surface area contributed by atoms with Crippen LogP contribution >= 0.6 is 12.4 Å². The number of halogens is 1. The van der Waals surface area contributed by atoms with Crippen molar-refractivity contribution in [3.8, 4) is 0 Å². The molecule has 0 radical (unpaired) electrons. The van der Waals surface area contributed by atoms with Gasteiger partial charge in [-0.25, -0.2) is 9.50 Å². The summed E-state index contributed by atoms with van der Waals surface area (Å²) >= 11 is 0. The zero-order chi connectivity index (χ0) is 17.3. The Balaban J connectivity index is 0.00000225. The van der Waals surface area contributed by atoms with Gasteiger partial charge < -0.3 is 11.1 Å². The van der Waals surface area contributed by atoms with Crippen molar-refractivity contribution >= 4 is 24.0 Å². The van der Waals surface area contributed by atoms with Crippen LogP contribution in [0.4, 0.5) is 0 Å². The number of amides is 1. The smallest absolute Gasteiger partial charge is 0.257 e. The highest BCUT2D eigenvalue weighted by molar-refractivity contribution is 6.01. The zero-order valence-electron chi connectivity index (χ0n) is 15.2. The van der Waals surface area contributed by atoms with Crippen LogP contribution < -0.4 is 11.1 Å². The number of carbonyl (C=O) groups is 1. The van der Waals surface area contributed by atoms with Gasteiger partial charge in [0, 0.05) is 24.0 Å². The number of rotatable bonds is 4. The molecule has 138 valence electrons. The minimum atomic E-state index is -0.110. The van der Waals surface area contributed by atoms with E-state index in [0.29, 0.717) is 29.4 Å². The molecular weight excluding hydrogens is 338 g/mol. The summed E-state index contributed by atoms with van der Waals surface area (Å²) in [6, 6.07) is 1.99. The van der Waals surface area contributed by atoms with Gasteiger partial charge in [-0.15, -0.1) is 12.4 Å². The maximum Gasteiger partial charge on any atom is 0.257 e. The topological polar surface area (TPSA) is 85.3 Å². The van der Waals surface area contributed by atoms with Crippen LogP contribution in [-0.2, 0) is 0 Å². The van der Waals surface area contributed by atoms with Crippen LogP contribution in [-0.4, -0.2) is 33.1 Å². The molecule has 6 nitrogen and oxygen atoms in total. The number of aryl methyl sites for hydroxylation is 3. The van der Waals surface area contributed by atoms with E-state index in [9.17, 15) is 4.79 Å². The first kappa shape index (κ1) is 19.7. The van der Waals surface area contributed by atoms with Crippen LogP contribution in [0.1, 0.15) is 59.5 Å². The number of aromatic nitrogens is 3. The Hall–Kier alpha value is -1.66. The van der Waals surface area contributed by atoms with Gasteiger partial charge in [0.2, 0.25) is 0 Å². The lowest BCUT2D eigenvalue weighted by molar-refractivity contribution is 0.0916. The second kappa shape index (κ2) is 8.15. The van der Waals surface area contributed by atoms with E-state index < -0.39 is 0 Å². The molecule has 2 heterocycles. The fourth-order valence-electron chi connectivity index (χ4n) is 3.84. The third-order valence-electron chi connectivity index (χ3n) is 5.09. The Bertz CT molecular complexity index is 751. The Morgan fingerprint density at radius 3 is 2.64 bits per heavy atom. The van der Waals surface area contributed by atoms with Gasteiger partial charge in [-0.3, -0.25) is 4.79 Å². The summed E-state index contributed by atoms with van der Waals surface area (Å²) in [7, 11) is 0. The lowest BCUT2D eigenvalue weighted by Gasteiger charge is -2.30. The first-order valence-electron chi connectivity index (χ1n) is 8.85. The zero-order valence-corrected chi connectivity index (χ0v) is 16.0. The summed E-state index contributed by atoms with van der Waals surface area (Å²) in [6.07, 6.45) is 6.04.